The van der Waals surface area contributed by atoms with Crippen LogP contribution in [0.25, 0.3) is 0 Å². The highest BCUT2D eigenvalue weighted by Crippen LogP contribution is 2.77. The van der Waals surface area contributed by atoms with Crippen LogP contribution < -0.4 is 5.32 Å². The molecule has 0 aromatic rings. The van der Waals surface area contributed by atoms with Crippen LogP contribution in [-0.4, -0.2) is 24.7 Å². The Morgan fingerprint density at radius 2 is 1.71 bits per heavy atom. The Bertz CT molecular complexity index is 1230. The molecule has 0 saturated heterocycles. The molecule has 0 radical (unpaired) electrons. The number of nitriles is 1. The summed E-state index contributed by atoms with van der Waals surface area (Å²) in [5.41, 5.74) is 0.549. The molecule has 6 heteroatoms. The Labute approximate surface area is 245 Å². The molecule has 4 saturated carbocycles. The lowest BCUT2D eigenvalue weighted by atomic mass is 9.31. The summed E-state index contributed by atoms with van der Waals surface area (Å²) >= 11 is 0. The Kier molecular flexibility index (Phi) is 7.04. The van der Waals surface area contributed by atoms with Crippen molar-refractivity contribution in [1.29, 1.82) is 5.26 Å². The molecule has 4 fully saturated rings. The fraction of sp³-hybridized carbons (Fsp3) is 0.800. The van der Waals surface area contributed by atoms with Gasteiger partial charge in [0.05, 0.1) is 12.1 Å². The first-order chi connectivity index (χ1) is 18.9. The lowest BCUT2D eigenvalue weighted by Crippen LogP contribution is -2.67. The summed E-state index contributed by atoms with van der Waals surface area (Å²) in [7, 11) is 0. The molecule has 0 heterocycles. The van der Waals surface area contributed by atoms with Gasteiger partial charge in [-0.3, -0.25) is 9.59 Å². The van der Waals surface area contributed by atoms with E-state index in [2.05, 4.69) is 46.0 Å². The molecule has 2 unspecified atom stereocenters. The first kappa shape index (κ1) is 30.4. The van der Waals surface area contributed by atoms with Gasteiger partial charge in [-0.15, -0.1) is 0 Å². The zero-order chi connectivity index (χ0) is 30.4. The molecule has 0 aromatic heterocycles. The van der Waals surface area contributed by atoms with Gasteiger partial charge in [-0.25, -0.2) is 8.78 Å². The molecular weight excluding hydrogens is 518 g/mol. The number of nitrogens with zero attached hydrogens (tertiary/aromatic N) is 1. The zero-order valence-electron chi connectivity index (χ0n) is 26.3. The highest BCUT2D eigenvalue weighted by Gasteiger charge is 2.71. The number of halogens is 2. The Hall–Kier alpha value is -2.03. The van der Waals surface area contributed by atoms with Gasteiger partial charge in [0, 0.05) is 11.8 Å². The lowest BCUT2D eigenvalue weighted by Gasteiger charge is -2.73. The molecule has 0 bridgehead atoms. The molecule has 1 N–H and O–H groups in total. The van der Waals surface area contributed by atoms with E-state index in [0.717, 1.165) is 51.4 Å². The molecular formula is C35H50F2N2O2. The van der Waals surface area contributed by atoms with Crippen molar-refractivity contribution in [2.24, 2.45) is 56.2 Å². The van der Waals surface area contributed by atoms with Crippen LogP contribution in [0.3, 0.4) is 0 Å². The summed E-state index contributed by atoms with van der Waals surface area (Å²) in [4.78, 5) is 26.4. The van der Waals surface area contributed by atoms with Crippen molar-refractivity contribution in [3.8, 4) is 6.07 Å². The predicted octanol–water partition coefficient (Wildman–Crippen LogP) is 8.04. The average Bonchev–Trinajstić information content (AvgIpc) is 2.87. The standard InChI is InChI=1S/C35H50F2N2O2/c1-21-15-25-32(6)16-22(19-38)29(41)31(4,5)24(32)9-10-33(25,7)34(8)12-14-35(18-27(40)39-20-26(36)37)13-11-30(2,3)17-23(35)28(21)34/h16,23-26,28H,1,9-15,17-18,20H2,2-8H3,(H,39,40)/t23?,24-,25+,28?,32-,33+,34+,35+/m0/s1. The number of nitrogens with one attached hydrogen (secondary N) is 1. The van der Waals surface area contributed by atoms with Crippen LogP contribution in [0.1, 0.15) is 106 Å². The molecule has 1 amide bonds. The minimum absolute atomic E-state index is 0.0245. The van der Waals surface area contributed by atoms with Crippen LogP contribution in [0.15, 0.2) is 23.8 Å². The van der Waals surface area contributed by atoms with Crippen LogP contribution in [-0.2, 0) is 9.59 Å². The molecule has 5 aliphatic rings. The highest BCUT2D eigenvalue weighted by atomic mass is 19.3. The van der Waals surface area contributed by atoms with E-state index >= 15 is 0 Å². The number of allylic oxidation sites excluding steroid dienone is 3. The van der Waals surface area contributed by atoms with Gasteiger partial charge < -0.3 is 5.32 Å². The Balaban J connectivity index is 1.56. The SMILES string of the molecule is C=C1C[C@@H]2[C@@]3(C)C=C(C#N)C(=O)C(C)(C)[C@@H]3CC[C@@]2(C)[C@]2(C)CC[C@@]3(CC(=O)NCC(F)F)CCC(C)(C)CC3C12. The highest BCUT2D eigenvalue weighted by molar-refractivity contribution is 6.04. The van der Waals surface area contributed by atoms with Crippen LogP contribution in [0.4, 0.5) is 8.78 Å². The number of amides is 1. The van der Waals surface area contributed by atoms with Gasteiger partial charge in [0.2, 0.25) is 5.91 Å². The van der Waals surface area contributed by atoms with Crippen molar-refractivity contribution >= 4 is 11.7 Å². The molecule has 5 aliphatic carbocycles. The van der Waals surface area contributed by atoms with Gasteiger partial charge >= 0.3 is 0 Å². The van der Waals surface area contributed by atoms with Gasteiger partial charge in [0.25, 0.3) is 6.43 Å². The number of carbonyl (C=O) groups excluding carboxylic acids is 2. The number of rotatable bonds is 4. The predicted molar refractivity (Wildman–Crippen MR) is 157 cm³/mol. The molecule has 41 heavy (non-hydrogen) atoms. The van der Waals surface area contributed by atoms with Crippen molar-refractivity contribution in [2.75, 3.05) is 6.54 Å². The van der Waals surface area contributed by atoms with Crippen molar-refractivity contribution < 1.29 is 18.4 Å². The van der Waals surface area contributed by atoms with E-state index in [0.29, 0.717) is 12.0 Å². The lowest BCUT2D eigenvalue weighted by molar-refractivity contribution is -0.212. The number of fused-ring (bicyclic) bond motifs is 7. The summed E-state index contributed by atoms with van der Waals surface area (Å²) < 4.78 is 25.9. The van der Waals surface area contributed by atoms with Gasteiger partial charge in [-0.1, -0.05) is 66.7 Å². The summed E-state index contributed by atoms with van der Waals surface area (Å²) in [6.07, 6.45) is 7.51. The fourth-order valence-corrected chi connectivity index (χ4v) is 11.5. The summed E-state index contributed by atoms with van der Waals surface area (Å²) in [5.74, 6) is 0.671. The van der Waals surface area contributed by atoms with Gasteiger partial charge in [-0.05, 0) is 102 Å². The Morgan fingerprint density at radius 3 is 2.34 bits per heavy atom. The number of alkyl halides is 2. The Morgan fingerprint density at radius 1 is 1.05 bits per heavy atom. The van der Waals surface area contributed by atoms with E-state index in [1.54, 1.807) is 0 Å². The molecule has 0 spiro atoms. The van der Waals surface area contributed by atoms with Crippen molar-refractivity contribution in [3.05, 3.63) is 23.8 Å². The molecule has 0 aromatic carbocycles. The quantitative estimate of drug-likeness (QED) is 0.349. The number of hydrogen-bond acceptors (Lipinski definition) is 3. The number of Topliss-reactive ketones (excluding diaryl/α,β-unsaturated/α-hetero) is 1. The van der Waals surface area contributed by atoms with Gasteiger partial charge in [-0.2, -0.15) is 5.26 Å². The van der Waals surface area contributed by atoms with Crippen LogP contribution in [0.5, 0.6) is 0 Å². The van der Waals surface area contributed by atoms with E-state index in [1.807, 2.05) is 19.9 Å². The van der Waals surface area contributed by atoms with E-state index in [-0.39, 0.29) is 62.4 Å². The second-order valence-electron chi connectivity index (χ2n) is 16.6. The maximum absolute atomic E-state index is 13.3. The molecule has 4 nitrogen and oxygen atoms in total. The van der Waals surface area contributed by atoms with Gasteiger partial charge in [0.15, 0.2) is 5.78 Å². The van der Waals surface area contributed by atoms with E-state index in [4.69, 9.17) is 6.58 Å². The molecule has 226 valence electrons. The normalized spacial score (nSPS) is 44.5. The third-order valence-electron chi connectivity index (χ3n) is 13.8. The minimum atomic E-state index is -2.55. The third-order valence-corrected chi connectivity index (χ3v) is 13.8. The summed E-state index contributed by atoms with van der Waals surface area (Å²) in [5, 5.41) is 12.5. The van der Waals surface area contributed by atoms with Crippen molar-refractivity contribution in [2.45, 2.75) is 113 Å². The maximum atomic E-state index is 13.3. The van der Waals surface area contributed by atoms with Crippen molar-refractivity contribution in [3.63, 3.8) is 0 Å². The minimum Gasteiger partial charge on any atom is -0.350 e. The zero-order valence-corrected chi connectivity index (χ0v) is 26.3. The number of hydrogen-bond donors (Lipinski definition) is 1. The largest absolute Gasteiger partial charge is 0.350 e. The van der Waals surface area contributed by atoms with Gasteiger partial charge in [0.1, 0.15) is 6.07 Å². The summed E-state index contributed by atoms with van der Waals surface area (Å²) in [6.45, 7) is 20.2. The van der Waals surface area contributed by atoms with E-state index in [9.17, 15) is 23.6 Å². The molecule has 0 aliphatic heterocycles. The third kappa shape index (κ3) is 4.29. The number of carbonyl (C=O) groups is 2. The first-order valence-corrected chi connectivity index (χ1v) is 15.8. The second kappa shape index (κ2) is 9.48. The van der Waals surface area contributed by atoms with E-state index in [1.165, 1.54) is 5.57 Å². The summed E-state index contributed by atoms with van der Waals surface area (Å²) in [6, 6.07) is 2.24. The van der Waals surface area contributed by atoms with Crippen molar-refractivity contribution in [1.82, 2.24) is 5.32 Å². The van der Waals surface area contributed by atoms with Crippen LogP contribution >= 0.6 is 0 Å². The van der Waals surface area contributed by atoms with Crippen LogP contribution in [0.2, 0.25) is 0 Å². The van der Waals surface area contributed by atoms with Crippen LogP contribution in [0, 0.1) is 67.5 Å². The number of ketones is 1. The average molecular weight is 569 g/mol. The fourth-order valence-electron chi connectivity index (χ4n) is 11.5. The monoisotopic (exact) mass is 568 g/mol. The topological polar surface area (TPSA) is 70.0 Å². The molecule has 5 rings (SSSR count). The second-order valence-corrected chi connectivity index (χ2v) is 16.6. The van der Waals surface area contributed by atoms with E-state index < -0.39 is 18.4 Å². The molecule has 8 atom stereocenters. The maximum Gasteiger partial charge on any atom is 0.255 e. The first-order valence-electron chi connectivity index (χ1n) is 15.8. The smallest absolute Gasteiger partial charge is 0.255 e.